The Bertz CT molecular complexity index is 126. The molecule has 2 fully saturated rings. The molecule has 0 aromatic carbocycles. The van der Waals surface area contributed by atoms with Crippen LogP contribution in [-0.2, 0) is 4.52 Å². The van der Waals surface area contributed by atoms with Crippen LogP contribution in [0.1, 0.15) is 13.3 Å². The van der Waals surface area contributed by atoms with Crippen molar-refractivity contribution in [3.8, 4) is 0 Å². The van der Waals surface area contributed by atoms with Gasteiger partial charge in [0.2, 0.25) is 0 Å². The summed E-state index contributed by atoms with van der Waals surface area (Å²) in [6.45, 7) is 4.68. The van der Waals surface area contributed by atoms with Gasteiger partial charge in [-0.3, -0.25) is 0 Å². The third-order valence-electron chi connectivity index (χ3n) is 2.55. The van der Waals surface area contributed by atoms with Crippen molar-refractivity contribution in [3.05, 3.63) is 0 Å². The second-order valence-corrected chi connectivity index (χ2v) is 7.30. The van der Waals surface area contributed by atoms with Crippen LogP contribution in [-0.4, -0.2) is 18.7 Å². The van der Waals surface area contributed by atoms with Gasteiger partial charge >= 0.3 is 49.9 Å². The minimum absolute atomic E-state index is 0.766. The predicted molar refractivity (Wildman–Crippen MR) is 37.8 cm³/mol. The van der Waals surface area contributed by atoms with Crippen molar-refractivity contribution in [2.24, 2.45) is 5.92 Å². The van der Waals surface area contributed by atoms with Crippen molar-refractivity contribution in [3.63, 3.8) is 0 Å². The summed E-state index contributed by atoms with van der Waals surface area (Å²) in [6.07, 6.45) is 2.87. The standard InChI is InChI=1S/C6H13OP/c1-5-3-4-8(2)6(5)7-8/h5-6,8H,3-4H2,1-2H3. The van der Waals surface area contributed by atoms with E-state index in [1.54, 1.807) is 0 Å². The van der Waals surface area contributed by atoms with E-state index in [1.165, 1.54) is 12.6 Å². The molecule has 8 heavy (non-hydrogen) atoms. The molecule has 0 aromatic rings. The molecule has 2 unspecified atom stereocenters. The fraction of sp³-hybridized carbons (Fsp3) is 1.00. The Kier molecular flexibility index (Phi) is 0.828. The van der Waals surface area contributed by atoms with Crippen LogP contribution in [0.2, 0.25) is 0 Å². The summed E-state index contributed by atoms with van der Waals surface area (Å²) in [5.74, 6) is 1.66. The van der Waals surface area contributed by atoms with Crippen LogP contribution in [0.3, 0.4) is 0 Å². The molecule has 2 aliphatic rings. The fourth-order valence-electron chi connectivity index (χ4n) is 1.84. The molecule has 48 valence electrons. The van der Waals surface area contributed by atoms with E-state index in [4.69, 9.17) is 4.52 Å². The Labute approximate surface area is 50.8 Å². The summed E-state index contributed by atoms with van der Waals surface area (Å²) >= 11 is 0. The van der Waals surface area contributed by atoms with Crippen molar-refractivity contribution in [2.45, 2.75) is 19.2 Å². The number of fused-ring (bicyclic) bond motifs is 1. The topological polar surface area (TPSA) is 12.5 Å². The van der Waals surface area contributed by atoms with E-state index in [0.717, 1.165) is 11.8 Å². The normalized spacial score (nSPS) is 52.8. The zero-order chi connectivity index (χ0) is 5.78. The molecule has 0 aromatic heterocycles. The number of rotatable bonds is 0. The van der Waals surface area contributed by atoms with Gasteiger partial charge in [-0.15, -0.1) is 0 Å². The van der Waals surface area contributed by atoms with Gasteiger partial charge in [0.05, 0.1) is 0 Å². The number of hydrogen-bond donors (Lipinski definition) is 0. The molecule has 2 heteroatoms. The third kappa shape index (κ3) is 0.494. The average molecular weight is 132 g/mol. The van der Waals surface area contributed by atoms with Crippen molar-refractivity contribution in [2.75, 3.05) is 12.8 Å². The van der Waals surface area contributed by atoms with Gasteiger partial charge in [0.15, 0.2) is 0 Å². The van der Waals surface area contributed by atoms with Crippen LogP contribution in [0.15, 0.2) is 0 Å². The molecular weight excluding hydrogens is 119 g/mol. The molecule has 2 saturated heterocycles. The van der Waals surface area contributed by atoms with E-state index >= 15 is 0 Å². The third-order valence-corrected chi connectivity index (χ3v) is 6.29. The molecule has 0 amide bonds. The first-order valence-electron chi connectivity index (χ1n) is 3.40. The van der Waals surface area contributed by atoms with Crippen LogP contribution < -0.4 is 0 Å². The van der Waals surface area contributed by atoms with E-state index in [0.29, 0.717) is 0 Å². The Morgan fingerprint density at radius 2 is 2.38 bits per heavy atom. The molecule has 0 N–H and O–H groups in total. The van der Waals surface area contributed by atoms with Gasteiger partial charge in [-0.1, -0.05) is 0 Å². The second-order valence-electron chi connectivity index (χ2n) is 3.37. The molecule has 2 atom stereocenters. The molecule has 0 spiro atoms. The Hall–Kier alpha value is 0.390. The quantitative estimate of drug-likeness (QED) is 0.361. The van der Waals surface area contributed by atoms with E-state index in [-0.39, 0.29) is 0 Å². The van der Waals surface area contributed by atoms with Crippen LogP contribution >= 0.6 is 7.49 Å². The second kappa shape index (κ2) is 1.27. The summed E-state index contributed by atoms with van der Waals surface area (Å²) in [7, 11) is -0.937. The Morgan fingerprint density at radius 1 is 1.62 bits per heavy atom. The Balaban J connectivity index is 2.15. The first-order valence-corrected chi connectivity index (χ1v) is 6.09. The van der Waals surface area contributed by atoms with Gasteiger partial charge in [0, 0.05) is 0 Å². The summed E-state index contributed by atoms with van der Waals surface area (Å²) in [6, 6.07) is 0. The molecule has 0 saturated carbocycles. The van der Waals surface area contributed by atoms with Crippen LogP contribution in [0.4, 0.5) is 0 Å². The van der Waals surface area contributed by atoms with Crippen LogP contribution in [0.5, 0.6) is 0 Å². The van der Waals surface area contributed by atoms with Crippen molar-refractivity contribution in [1.29, 1.82) is 0 Å². The van der Waals surface area contributed by atoms with E-state index in [9.17, 15) is 0 Å². The van der Waals surface area contributed by atoms with Crippen molar-refractivity contribution < 1.29 is 4.52 Å². The van der Waals surface area contributed by atoms with Gasteiger partial charge in [0.25, 0.3) is 0 Å². The summed E-state index contributed by atoms with van der Waals surface area (Å²) in [5.41, 5.74) is 0. The zero-order valence-electron chi connectivity index (χ0n) is 5.48. The summed E-state index contributed by atoms with van der Waals surface area (Å²) in [4.78, 5) is 0. The first kappa shape index (κ1) is 5.20. The first-order chi connectivity index (χ1) is 3.72. The molecular formula is C6H13OP. The van der Waals surface area contributed by atoms with Gasteiger partial charge in [0.1, 0.15) is 0 Å². The monoisotopic (exact) mass is 132 g/mol. The minimum atomic E-state index is -0.937. The SMILES string of the molecule is CC1CC[PH]2(C)OC12. The van der Waals surface area contributed by atoms with Gasteiger partial charge in [-0.2, -0.15) is 0 Å². The summed E-state index contributed by atoms with van der Waals surface area (Å²) in [5, 5.41) is 0. The maximum absolute atomic E-state index is 5.59. The molecule has 2 aliphatic heterocycles. The van der Waals surface area contributed by atoms with Gasteiger partial charge in [-0.25, -0.2) is 0 Å². The molecule has 0 radical (unpaired) electrons. The van der Waals surface area contributed by atoms with Crippen LogP contribution in [0.25, 0.3) is 0 Å². The van der Waals surface area contributed by atoms with Gasteiger partial charge in [-0.05, 0) is 0 Å². The number of hydrogen-bond acceptors (Lipinski definition) is 1. The molecule has 0 aliphatic carbocycles. The maximum atomic E-state index is 5.59. The molecule has 2 heterocycles. The van der Waals surface area contributed by atoms with E-state index < -0.39 is 7.49 Å². The van der Waals surface area contributed by atoms with Gasteiger partial charge < -0.3 is 0 Å². The predicted octanol–water partition coefficient (Wildman–Crippen LogP) is 1.68. The van der Waals surface area contributed by atoms with E-state index in [2.05, 4.69) is 13.6 Å². The average Bonchev–Trinajstić information content (AvgIpc) is 2.32. The van der Waals surface area contributed by atoms with Crippen molar-refractivity contribution >= 4 is 7.49 Å². The molecule has 0 bridgehead atoms. The van der Waals surface area contributed by atoms with E-state index in [1.807, 2.05) is 0 Å². The zero-order valence-corrected chi connectivity index (χ0v) is 6.48. The van der Waals surface area contributed by atoms with Crippen molar-refractivity contribution in [1.82, 2.24) is 0 Å². The molecule has 1 nitrogen and oxygen atoms in total. The van der Waals surface area contributed by atoms with Crippen LogP contribution in [0, 0.1) is 5.92 Å². The summed E-state index contributed by atoms with van der Waals surface area (Å²) < 4.78 is 5.59. The Morgan fingerprint density at radius 3 is 2.50 bits per heavy atom. The molecule has 2 rings (SSSR count). The fourth-order valence-corrected chi connectivity index (χ4v) is 5.99.